The van der Waals surface area contributed by atoms with E-state index in [2.05, 4.69) is 72.7 Å². The van der Waals surface area contributed by atoms with E-state index in [0.717, 1.165) is 0 Å². The van der Waals surface area contributed by atoms with E-state index in [1.807, 2.05) is 0 Å². The minimum absolute atomic E-state index is 0.0603. The Labute approximate surface area is 182 Å². The Morgan fingerprint density at radius 3 is 2.13 bits per heavy atom. The highest BCUT2D eigenvalue weighted by Crippen LogP contribution is 2.42. The zero-order valence-corrected chi connectivity index (χ0v) is 22.3. The van der Waals surface area contributed by atoms with Gasteiger partial charge in [-0.05, 0) is 36.3 Å². The normalized spacial score (nSPS) is 23.7. The minimum atomic E-state index is -2.05. The van der Waals surface area contributed by atoms with Crippen LogP contribution in [-0.2, 0) is 13.6 Å². The van der Waals surface area contributed by atoms with E-state index < -0.39 is 34.1 Å². The van der Waals surface area contributed by atoms with Gasteiger partial charge in [0.15, 0.2) is 16.6 Å². The van der Waals surface area contributed by atoms with Gasteiger partial charge in [-0.3, -0.25) is 14.3 Å². The van der Waals surface area contributed by atoms with Crippen molar-refractivity contribution in [1.29, 1.82) is 0 Å². The summed E-state index contributed by atoms with van der Waals surface area (Å²) in [5, 5.41) is 0.154. The average Bonchev–Trinajstić information content (AvgIpc) is 2.92. The summed E-state index contributed by atoms with van der Waals surface area (Å²) in [5.41, 5.74) is -0.884. The summed E-state index contributed by atoms with van der Waals surface area (Å²) in [6.07, 6.45) is 1.12. The van der Waals surface area contributed by atoms with Gasteiger partial charge in [0.05, 0.1) is 12.7 Å². The van der Waals surface area contributed by atoms with Gasteiger partial charge in [0.2, 0.25) is 0 Å². The van der Waals surface area contributed by atoms with E-state index in [4.69, 9.17) is 13.6 Å². The first kappa shape index (κ1) is 25.3. The quantitative estimate of drug-likeness (QED) is 0.648. The molecule has 2 heterocycles. The predicted molar refractivity (Wildman–Crippen MR) is 125 cm³/mol. The Morgan fingerprint density at radius 2 is 1.63 bits per heavy atom. The molecule has 0 unspecified atom stereocenters. The third kappa shape index (κ3) is 5.61. The van der Waals surface area contributed by atoms with Crippen LogP contribution in [0.15, 0.2) is 21.9 Å². The Morgan fingerprint density at radius 1 is 1.07 bits per heavy atom. The van der Waals surface area contributed by atoms with Crippen molar-refractivity contribution in [3.8, 4) is 0 Å². The summed E-state index contributed by atoms with van der Waals surface area (Å²) in [6.45, 7) is 22.6. The summed E-state index contributed by atoms with van der Waals surface area (Å²) in [5.74, 6) is 0. The van der Waals surface area contributed by atoms with Crippen LogP contribution < -0.4 is 11.2 Å². The maximum Gasteiger partial charge on any atom is 0.330 e. The second-order valence-electron chi connectivity index (χ2n) is 11.4. The SMILES string of the molecule is CC(C)(C)[Si](C)(C)OC[C@H]1O[C@@H](n2ccc(=O)[nH]c2=O)C[C@@H]1O[Si](C)(C)C(C)(C)C. The molecule has 0 aromatic carbocycles. The van der Waals surface area contributed by atoms with Crippen LogP contribution in [0.1, 0.15) is 54.2 Å². The first-order valence-electron chi connectivity index (χ1n) is 10.7. The summed E-state index contributed by atoms with van der Waals surface area (Å²) in [4.78, 5) is 26.1. The van der Waals surface area contributed by atoms with Crippen molar-refractivity contribution in [2.24, 2.45) is 0 Å². The molecule has 1 aliphatic rings. The van der Waals surface area contributed by atoms with Crippen LogP contribution in [0, 0.1) is 0 Å². The molecule has 30 heavy (non-hydrogen) atoms. The number of nitrogens with one attached hydrogen (secondary N) is 1. The number of H-pyrrole nitrogens is 1. The number of hydrogen-bond acceptors (Lipinski definition) is 5. The van der Waals surface area contributed by atoms with E-state index in [1.165, 1.54) is 16.8 Å². The van der Waals surface area contributed by atoms with E-state index in [0.29, 0.717) is 13.0 Å². The molecule has 1 aromatic rings. The molecular weight excluding hydrogens is 416 g/mol. The van der Waals surface area contributed by atoms with Crippen LogP contribution in [0.25, 0.3) is 0 Å². The zero-order chi connectivity index (χ0) is 23.1. The molecule has 1 N–H and O–H groups in total. The lowest BCUT2D eigenvalue weighted by Crippen LogP contribution is -2.48. The highest BCUT2D eigenvalue weighted by atomic mass is 28.4. The molecule has 1 aliphatic heterocycles. The molecule has 9 heteroatoms. The van der Waals surface area contributed by atoms with Gasteiger partial charge in [-0.25, -0.2) is 4.79 Å². The highest BCUT2D eigenvalue weighted by Gasteiger charge is 2.46. The van der Waals surface area contributed by atoms with Crippen molar-refractivity contribution >= 4 is 16.6 Å². The van der Waals surface area contributed by atoms with Gasteiger partial charge in [0, 0.05) is 18.7 Å². The molecule has 0 amide bonds. The molecule has 1 saturated heterocycles. The second kappa shape index (κ2) is 8.50. The molecule has 1 fully saturated rings. The molecule has 0 spiro atoms. The molecule has 0 aliphatic carbocycles. The van der Waals surface area contributed by atoms with Crippen molar-refractivity contribution in [1.82, 2.24) is 9.55 Å². The van der Waals surface area contributed by atoms with Crippen molar-refractivity contribution < 1.29 is 13.6 Å². The van der Waals surface area contributed by atoms with Crippen LogP contribution in [0.2, 0.25) is 36.3 Å². The Bertz CT molecular complexity index is 848. The maximum absolute atomic E-state index is 12.3. The molecule has 1 aromatic heterocycles. The molecule has 0 bridgehead atoms. The molecule has 3 atom stereocenters. The summed E-state index contributed by atoms with van der Waals surface area (Å²) in [6, 6.07) is 1.34. The fraction of sp³-hybridized carbons (Fsp3) is 0.810. The third-order valence-electron chi connectivity index (χ3n) is 7.01. The second-order valence-corrected chi connectivity index (χ2v) is 20.9. The van der Waals surface area contributed by atoms with Crippen LogP contribution in [0.5, 0.6) is 0 Å². The van der Waals surface area contributed by atoms with Gasteiger partial charge in [-0.1, -0.05) is 41.5 Å². The fourth-order valence-electron chi connectivity index (χ4n) is 2.86. The number of aromatic nitrogens is 2. The summed E-state index contributed by atoms with van der Waals surface area (Å²) in [7, 11) is -4.00. The Kier molecular flexibility index (Phi) is 7.15. The van der Waals surface area contributed by atoms with Gasteiger partial charge in [0.1, 0.15) is 12.3 Å². The standard InChI is InChI=1S/C21H40N2O5Si2/c1-20(2,3)29(7,8)26-14-16-15(28-30(9,10)21(4,5)6)13-18(27-16)23-12-11-17(24)22-19(23)25/h11-12,15-16,18H,13-14H2,1-10H3,(H,22,24,25)/t15-,16+,18+/m0/s1. The number of hydrogen-bond donors (Lipinski definition) is 1. The Balaban J connectivity index is 2.28. The van der Waals surface area contributed by atoms with Crippen LogP contribution in [0.3, 0.4) is 0 Å². The Hall–Kier alpha value is -1.01. The molecule has 172 valence electrons. The van der Waals surface area contributed by atoms with Gasteiger partial charge >= 0.3 is 5.69 Å². The number of rotatable bonds is 6. The third-order valence-corrected chi connectivity index (χ3v) is 16.0. The number of aromatic amines is 1. The predicted octanol–water partition coefficient (Wildman–Crippen LogP) is 4.24. The van der Waals surface area contributed by atoms with E-state index in [1.54, 1.807) is 0 Å². The molecule has 0 saturated carbocycles. The van der Waals surface area contributed by atoms with Crippen molar-refractivity contribution in [3.63, 3.8) is 0 Å². The highest BCUT2D eigenvalue weighted by molar-refractivity contribution is 6.74. The van der Waals surface area contributed by atoms with Crippen LogP contribution in [-0.4, -0.2) is 45.0 Å². The van der Waals surface area contributed by atoms with E-state index >= 15 is 0 Å². The van der Waals surface area contributed by atoms with Crippen molar-refractivity contribution in [2.45, 2.75) is 103 Å². The maximum atomic E-state index is 12.3. The molecular formula is C21H40N2O5Si2. The minimum Gasteiger partial charge on any atom is -0.414 e. The van der Waals surface area contributed by atoms with E-state index in [-0.39, 0.29) is 22.3 Å². The smallest absolute Gasteiger partial charge is 0.330 e. The van der Waals surface area contributed by atoms with Gasteiger partial charge in [-0.15, -0.1) is 0 Å². The number of ether oxygens (including phenoxy) is 1. The van der Waals surface area contributed by atoms with Gasteiger partial charge in [0.25, 0.3) is 5.56 Å². The van der Waals surface area contributed by atoms with Crippen LogP contribution in [0.4, 0.5) is 0 Å². The lowest BCUT2D eigenvalue weighted by molar-refractivity contribution is -0.0412. The summed E-state index contributed by atoms with van der Waals surface area (Å²) >= 11 is 0. The first-order valence-corrected chi connectivity index (χ1v) is 16.5. The lowest BCUT2D eigenvalue weighted by atomic mass is 10.2. The largest absolute Gasteiger partial charge is 0.414 e. The topological polar surface area (TPSA) is 82.5 Å². The summed E-state index contributed by atoms with van der Waals surface area (Å²) < 4.78 is 20.9. The zero-order valence-electron chi connectivity index (χ0n) is 20.3. The van der Waals surface area contributed by atoms with Gasteiger partial charge in [-0.2, -0.15) is 0 Å². The van der Waals surface area contributed by atoms with Crippen LogP contribution >= 0.6 is 0 Å². The van der Waals surface area contributed by atoms with Crippen molar-refractivity contribution in [3.05, 3.63) is 33.1 Å². The van der Waals surface area contributed by atoms with Crippen molar-refractivity contribution in [2.75, 3.05) is 6.61 Å². The average molecular weight is 457 g/mol. The van der Waals surface area contributed by atoms with E-state index in [9.17, 15) is 9.59 Å². The molecule has 0 radical (unpaired) electrons. The molecule has 7 nitrogen and oxygen atoms in total. The number of nitrogens with zero attached hydrogens (tertiary/aromatic N) is 1. The first-order chi connectivity index (χ1) is 13.4. The monoisotopic (exact) mass is 456 g/mol. The lowest BCUT2D eigenvalue weighted by Gasteiger charge is -2.40. The molecule has 2 rings (SSSR count). The fourth-order valence-corrected chi connectivity index (χ4v) is 5.23. The van der Waals surface area contributed by atoms with Gasteiger partial charge < -0.3 is 13.6 Å².